The van der Waals surface area contributed by atoms with Crippen LogP contribution in [0.5, 0.6) is 0 Å². The maximum Gasteiger partial charge on any atom is 0.262 e. The summed E-state index contributed by atoms with van der Waals surface area (Å²) in [5, 5.41) is 7.57. The molecule has 0 spiro atoms. The second-order valence-corrected chi connectivity index (χ2v) is 7.70. The molecule has 0 saturated carbocycles. The number of aromatic nitrogens is 2. The Morgan fingerprint density at radius 3 is 2.62 bits per heavy atom. The Bertz CT molecular complexity index is 729. The highest BCUT2D eigenvalue weighted by Crippen LogP contribution is 2.36. The van der Waals surface area contributed by atoms with E-state index in [9.17, 15) is 9.18 Å². The molecule has 1 aromatic heterocycles. The van der Waals surface area contributed by atoms with Crippen LogP contribution in [0.4, 0.5) is 10.1 Å². The van der Waals surface area contributed by atoms with Gasteiger partial charge in [0.15, 0.2) is 0 Å². The molecular formula is C18H24FN3OS. The molecule has 0 aliphatic heterocycles. The van der Waals surface area contributed by atoms with Crippen molar-refractivity contribution in [3.05, 3.63) is 47.0 Å². The van der Waals surface area contributed by atoms with E-state index in [4.69, 9.17) is 0 Å². The molecule has 2 unspecified atom stereocenters. The zero-order valence-corrected chi connectivity index (χ0v) is 15.6. The molecular weight excluding hydrogens is 325 g/mol. The Morgan fingerprint density at radius 1 is 1.38 bits per heavy atom. The standard InChI is InChI=1S/C18H24FN3OS/c1-6-11(2)24-13(4)14-9-7-8-10-15(14)20-18(23)16-12(3)21-22(5)17(16)19/h7-11,13H,6H2,1-5H3,(H,20,23). The van der Waals surface area contributed by atoms with Crippen LogP contribution in [0, 0.1) is 12.9 Å². The third kappa shape index (κ3) is 3.98. The van der Waals surface area contributed by atoms with Crippen LogP contribution < -0.4 is 5.32 Å². The Hall–Kier alpha value is -1.82. The molecule has 1 amide bonds. The van der Waals surface area contributed by atoms with Gasteiger partial charge >= 0.3 is 0 Å². The van der Waals surface area contributed by atoms with Crippen LogP contribution in [0.3, 0.4) is 0 Å². The molecule has 1 N–H and O–H groups in total. The van der Waals surface area contributed by atoms with Gasteiger partial charge in [0.25, 0.3) is 5.91 Å². The van der Waals surface area contributed by atoms with Crippen molar-refractivity contribution in [1.82, 2.24) is 9.78 Å². The van der Waals surface area contributed by atoms with Gasteiger partial charge < -0.3 is 5.32 Å². The molecule has 1 heterocycles. The smallest absolute Gasteiger partial charge is 0.262 e. The number of anilines is 1. The van der Waals surface area contributed by atoms with Gasteiger partial charge in [-0.3, -0.25) is 4.79 Å². The van der Waals surface area contributed by atoms with Crippen LogP contribution in [-0.4, -0.2) is 20.9 Å². The molecule has 1 aromatic carbocycles. The van der Waals surface area contributed by atoms with Gasteiger partial charge in [0.2, 0.25) is 5.95 Å². The van der Waals surface area contributed by atoms with E-state index in [2.05, 4.69) is 31.2 Å². The van der Waals surface area contributed by atoms with E-state index in [0.717, 1.165) is 16.7 Å². The molecule has 0 fully saturated rings. The zero-order chi connectivity index (χ0) is 17.9. The van der Waals surface area contributed by atoms with E-state index in [0.29, 0.717) is 16.6 Å². The number of thioether (sulfide) groups is 1. The van der Waals surface area contributed by atoms with E-state index in [1.807, 2.05) is 36.0 Å². The topological polar surface area (TPSA) is 46.9 Å². The molecule has 0 bridgehead atoms. The van der Waals surface area contributed by atoms with E-state index in [1.165, 1.54) is 7.05 Å². The predicted molar refractivity (Wildman–Crippen MR) is 98.1 cm³/mol. The monoisotopic (exact) mass is 349 g/mol. The summed E-state index contributed by atoms with van der Waals surface area (Å²) in [7, 11) is 1.48. The Morgan fingerprint density at radius 2 is 2.04 bits per heavy atom. The molecule has 0 saturated heterocycles. The molecule has 2 atom stereocenters. The van der Waals surface area contributed by atoms with Crippen molar-refractivity contribution in [2.75, 3.05) is 5.32 Å². The van der Waals surface area contributed by atoms with E-state index >= 15 is 0 Å². The van der Waals surface area contributed by atoms with Gasteiger partial charge in [0.1, 0.15) is 5.56 Å². The van der Waals surface area contributed by atoms with Crippen molar-refractivity contribution in [2.24, 2.45) is 7.05 Å². The summed E-state index contributed by atoms with van der Waals surface area (Å²) >= 11 is 1.86. The lowest BCUT2D eigenvalue weighted by molar-refractivity contribution is 0.102. The minimum absolute atomic E-state index is 0.00506. The number of aryl methyl sites for hydroxylation is 2. The summed E-state index contributed by atoms with van der Waals surface area (Å²) < 4.78 is 15.2. The first kappa shape index (κ1) is 18.5. The highest BCUT2D eigenvalue weighted by molar-refractivity contribution is 8.00. The highest BCUT2D eigenvalue weighted by Gasteiger charge is 2.22. The summed E-state index contributed by atoms with van der Waals surface area (Å²) in [6.07, 6.45) is 1.09. The first-order valence-electron chi connectivity index (χ1n) is 8.10. The molecule has 6 heteroatoms. The highest BCUT2D eigenvalue weighted by atomic mass is 32.2. The van der Waals surface area contributed by atoms with Crippen LogP contribution >= 0.6 is 11.8 Å². The Labute approximate surface area is 146 Å². The number of benzene rings is 1. The summed E-state index contributed by atoms with van der Waals surface area (Å²) in [6.45, 7) is 8.10. The van der Waals surface area contributed by atoms with Gasteiger partial charge in [-0.2, -0.15) is 21.3 Å². The fourth-order valence-electron chi connectivity index (χ4n) is 2.56. The van der Waals surface area contributed by atoms with Gasteiger partial charge in [0.05, 0.1) is 5.69 Å². The number of hydrogen-bond donors (Lipinski definition) is 1. The lowest BCUT2D eigenvalue weighted by Crippen LogP contribution is -2.16. The largest absolute Gasteiger partial charge is 0.321 e. The molecule has 130 valence electrons. The van der Waals surface area contributed by atoms with E-state index in [-0.39, 0.29) is 10.8 Å². The number of nitrogens with zero attached hydrogens (tertiary/aromatic N) is 2. The number of carbonyl (C=O) groups is 1. The number of rotatable bonds is 6. The number of amides is 1. The van der Waals surface area contributed by atoms with Gasteiger partial charge in [-0.15, -0.1) is 0 Å². The molecule has 0 aliphatic carbocycles. The molecule has 4 nitrogen and oxygen atoms in total. The van der Waals surface area contributed by atoms with Crippen molar-refractivity contribution in [3.8, 4) is 0 Å². The van der Waals surface area contributed by atoms with E-state index in [1.54, 1.807) is 6.92 Å². The number of para-hydroxylation sites is 1. The van der Waals surface area contributed by atoms with Gasteiger partial charge in [0, 0.05) is 23.2 Å². The van der Waals surface area contributed by atoms with Crippen molar-refractivity contribution in [2.45, 2.75) is 44.6 Å². The molecule has 0 radical (unpaired) electrons. The SMILES string of the molecule is CCC(C)SC(C)c1ccccc1NC(=O)c1c(C)nn(C)c1F. The lowest BCUT2D eigenvalue weighted by Gasteiger charge is -2.19. The van der Waals surface area contributed by atoms with Crippen molar-refractivity contribution in [3.63, 3.8) is 0 Å². The first-order valence-corrected chi connectivity index (χ1v) is 9.04. The fourth-order valence-corrected chi connectivity index (χ4v) is 3.80. The average Bonchev–Trinajstić information content (AvgIpc) is 2.80. The van der Waals surface area contributed by atoms with Crippen LogP contribution in [0.15, 0.2) is 24.3 Å². The zero-order valence-electron chi connectivity index (χ0n) is 14.8. The minimum Gasteiger partial charge on any atom is -0.321 e. The molecule has 2 aromatic rings. The van der Waals surface area contributed by atoms with Gasteiger partial charge in [-0.1, -0.05) is 32.0 Å². The summed E-state index contributed by atoms with van der Waals surface area (Å²) in [6, 6.07) is 7.67. The summed E-state index contributed by atoms with van der Waals surface area (Å²) in [4.78, 5) is 12.5. The fraction of sp³-hybridized carbons (Fsp3) is 0.444. The van der Waals surface area contributed by atoms with Crippen LogP contribution in [0.25, 0.3) is 0 Å². The first-order chi connectivity index (χ1) is 11.3. The third-order valence-electron chi connectivity index (χ3n) is 4.04. The normalized spacial score (nSPS) is 13.6. The maximum atomic E-state index is 14.1. The number of nitrogens with one attached hydrogen (secondary N) is 1. The van der Waals surface area contributed by atoms with Crippen molar-refractivity contribution < 1.29 is 9.18 Å². The van der Waals surface area contributed by atoms with Gasteiger partial charge in [-0.05, 0) is 31.9 Å². The third-order valence-corrected chi connectivity index (χ3v) is 5.50. The Balaban J connectivity index is 2.25. The van der Waals surface area contributed by atoms with Crippen molar-refractivity contribution >= 4 is 23.4 Å². The Kier molecular flexibility index (Phi) is 6.04. The summed E-state index contributed by atoms with van der Waals surface area (Å²) in [5.41, 5.74) is 2.13. The average molecular weight is 349 g/mol. The van der Waals surface area contributed by atoms with E-state index < -0.39 is 11.9 Å². The summed E-state index contributed by atoms with van der Waals surface area (Å²) in [5.74, 6) is -1.09. The van der Waals surface area contributed by atoms with Gasteiger partial charge in [-0.25, -0.2) is 4.68 Å². The minimum atomic E-state index is -0.621. The van der Waals surface area contributed by atoms with Crippen molar-refractivity contribution in [1.29, 1.82) is 0 Å². The van der Waals surface area contributed by atoms with Crippen LogP contribution in [-0.2, 0) is 7.05 Å². The second kappa shape index (κ2) is 7.83. The number of hydrogen-bond acceptors (Lipinski definition) is 3. The van der Waals surface area contributed by atoms with Crippen LogP contribution in [0.1, 0.15) is 54.1 Å². The van der Waals surface area contributed by atoms with Crippen LogP contribution in [0.2, 0.25) is 0 Å². The quantitative estimate of drug-likeness (QED) is 0.821. The maximum absolute atomic E-state index is 14.1. The number of carbonyl (C=O) groups excluding carboxylic acids is 1. The second-order valence-electron chi connectivity index (χ2n) is 5.91. The molecule has 24 heavy (non-hydrogen) atoms. The lowest BCUT2D eigenvalue weighted by atomic mass is 10.1. The predicted octanol–water partition coefficient (Wildman–Crippen LogP) is 4.71. The molecule has 0 aliphatic rings. The molecule has 2 rings (SSSR count). The number of halogens is 1.